The van der Waals surface area contributed by atoms with Crippen LogP contribution in [-0.4, -0.2) is 57.8 Å². The van der Waals surface area contributed by atoms with Gasteiger partial charge < -0.3 is 14.2 Å². The summed E-state index contributed by atoms with van der Waals surface area (Å²) >= 11 is 11.9. The Morgan fingerprint density at radius 2 is 1.78 bits per heavy atom. The molecule has 27 heavy (non-hydrogen) atoms. The second-order valence-electron chi connectivity index (χ2n) is 6.11. The summed E-state index contributed by atoms with van der Waals surface area (Å²) in [7, 11) is -1.38. The number of furan rings is 1. The molecule has 1 aliphatic heterocycles. The van der Waals surface area contributed by atoms with Crippen molar-refractivity contribution in [1.29, 1.82) is 0 Å². The molecule has 0 bridgehead atoms. The summed E-state index contributed by atoms with van der Waals surface area (Å²) in [6.07, 6.45) is 1.45. The van der Waals surface area contributed by atoms with Gasteiger partial charge in [0, 0.05) is 47.0 Å². The third kappa shape index (κ3) is 5.12. The number of piperazine rings is 1. The Morgan fingerprint density at radius 3 is 2.41 bits per heavy atom. The van der Waals surface area contributed by atoms with Gasteiger partial charge in [-0.25, -0.2) is 0 Å². The highest BCUT2D eigenvalue weighted by Gasteiger charge is 2.26. The standard InChI is InChI=1S/C18H18Cl2N2O4S/c19-14-4-3-13(15(20)10-14)11-27(25)12-17(23)21-5-7-22(8-6-21)18(24)16-2-1-9-26-16/h1-4,9-10H,5-8,11-12H2. The molecule has 1 aromatic heterocycles. The van der Waals surface area contributed by atoms with Crippen molar-refractivity contribution in [3.8, 4) is 0 Å². The summed E-state index contributed by atoms with van der Waals surface area (Å²) in [6.45, 7) is 1.65. The van der Waals surface area contributed by atoms with Gasteiger partial charge >= 0.3 is 0 Å². The van der Waals surface area contributed by atoms with Crippen molar-refractivity contribution >= 4 is 45.8 Å². The summed E-state index contributed by atoms with van der Waals surface area (Å²) in [5.41, 5.74) is 0.695. The molecule has 1 atom stereocenters. The smallest absolute Gasteiger partial charge is 0.289 e. The van der Waals surface area contributed by atoms with E-state index < -0.39 is 10.8 Å². The fourth-order valence-electron chi connectivity index (χ4n) is 2.81. The van der Waals surface area contributed by atoms with Gasteiger partial charge in [0.2, 0.25) is 5.91 Å². The Kier molecular flexibility index (Phi) is 6.57. The first-order valence-corrected chi connectivity index (χ1v) is 10.6. The predicted molar refractivity (Wildman–Crippen MR) is 104 cm³/mol. The van der Waals surface area contributed by atoms with Crippen LogP contribution in [0.25, 0.3) is 0 Å². The number of benzene rings is 1. The molecule has 2 aromatic rings. The molecule has 0 N–H and O–H groups in total. The molecule has 1 saturated heterocycles. The lowest BCUT2D eigenvalue weighted by molar-refractivity contribution is -0.129. The molecule has 0 spiro atoms. The maximum Gasteiger partial charge on any atom is 0.289 e. The number of hydrogen-bond donors (Lipinski definition) is 0. The molecule has 0 aliphatic carbocycles. The minimum absolute atomic E-state index is 0.0783. The van der Waals surface area contributed by atoms with E-state index in [1.165, 1.54) is 6.26 Å². The van der Waals surface area contributed by atoms with Crippen molar-refractivity contribution in [3.05, 3.63) is 58.0 Å². The summed E-state index contributed by atoms with van der Waals surface area (Å²) in [5.74, 6) is 0.0244. The van der Waals surface area contributed by atoms with Crippen molar-refractivity contribution in [2.45, 2.75) is 5.75 Å². The summed E-state index contributed by atoms with van der Waals surface area (Å²) in [5, 5.41) is 0.945. The largest absolute Gasteiger partial charge is 0.459 e. The van der Waals surface area contributed by atoms with Crippen LogP contribution in [0, 0.1) is 0 Å². The zero-order chi connectivity index (χ0) is 19.4. The van der Waals surface area contributed by atoms with E-state index in [1.807, 2.05) is 0 Å². The maximum atomic E-state index is 12.4. The van der Waals surface area contributed by atoms with Crippen LogP contribution < -0.4 is 0 Å². The van der Waals surface area contributed by atoms with Gasteiger partial charge in [0.25, 0.3) is 5.91 Å². The summed E-state index contributed by atoms with van der Waals surface area (Å²) in [6, 6.07) is 8.26. The highest BCUT2D eigenvalue weighted by Crippen LogP contribution is 2.22. The van der Waals surface area contributed by atoms with E-state index in [0.717, 1.165) is 0 Å². The maximum absolute atomic E-state index is 12.4. The van der Waals surface area contributed by atoms with Crippen LogP contribution >= 0.6 is 23.2 Å². The first kappa shape index (κ1) is 19.9. The van der Waals surface area contributed by atoms with Gasteiger partial charge in [-0.05, 0) is 29.8 Å². The van der Waals surface area contributed by atoms with Crippen molar-refractivity contribution < 1.29 is 18.2 Å². The monoisotopic (exact) mass is 428 g/mol. The van der Waals surface area contributed by atoms with E-state index in [2.05, 4.69) is 0 Å². The minimum atomic E-state index is -1.38. The van der Waals surface area contributed by atoms with Gasteiger partial charge in [0.1, 0.15) is 5.75 Å². The average molecular weight is 429 g/mol. The Balaban J connectivity index is 1.49. The lowest BCUT2D eigenvalue weighted by atomic mass is 10.2. The Morgan fingerprint density at radius 1 is 1.07 bits per heavy atom. The molecule has 2 amide bonds. The van der Waals surface area contributed by atoms with Gasteiger partial charge in [-0.3, -0.25) is 13.8 Å². The number of carbonyl (C=O) groups excluding carboxylic acids is 2. The Hall–Kier alpha value is -1.83. The molecule has 144 valence electrons. The lowest BCUT2D eigenvalue weighted by Crippen LogP contribution is -2.51. The van der Waals surface area contributed by atoms with Crippen molar-refractivity contribution in [3.63, 3.8) is 0 Å². The van der Waals surface area contributed by atoms with Gasteiger partial charge in [0.05, 0.1) is 12.0 Å². The number of nitrogens with zero attached hydrogens (tertiary/aromatic N) is 2. The molecule has 1 aromatic carbocycles. The molecule has 1 aliphatic rings. The van der Waals surface area contributed by atoms with Crippen molar-refractivity contribution in [1.82, 2.24) is 9.80 Å². The quantitative estimate of drug-likeness (QED) is 0.733. The number of rotatable bonds is 5. The van der Waals surface area contributed by atoms with Crippen LogP contribution in [-0.2, 0) is 21.3 Å². The molecular weight excluding hydrogens is 411 g/mol. The zero-order valence-electron chi connectivity index (χ0n) is 14.4. The summed E-state index contributed by atoms with van der Waals surface area (Å²) in [4.78, 5) is 27.9. The van der Waals surface area contributed by atoms with Crippen molar-refractivity contribution in [2.24, 2.45) is 0 Å². The molecular formula is C18H18Cl2N2O4S. The molecule has 2 heterocycles. The fourth-order valence-corrected chi connectivity index (χ4v) is 4.52. The second-order valence-corrected chi connectivity index (χ2v) is 8.42. The number of halogens is 2. The highest BCUT2D eigenvalue weighted by atomic mass is 35.5. The predicted octanol–water partition coefficient (Wildman–Crippen LogP) is 2.82. The molecule has 0 radical (unpaired) electrons. The molecule has 1 fully saturated rings. The van der Waals surface area contributed by atoms with E-state index >= 15 is 0 Å². The first-order chi connectivity index (χ1) is 12.9. The van der Waals surface area contributed by atoms with Gasteiger partial charge in [-0.1, -0.05) is 29.3 Å². The molecule has 9 heteroatoms. The van der Waals surface area contributed by atoms with Crippen LogP contribution in [0.4, 0.5) is 0 Å². The fraction of sp³-hybridized carbons (Fsp3) is 0.333. The number of hydrogen-bond acceptors (Lipinski definition) is 4. The molecule has 1 unspecified atom stereocenters. The van der Waals surface area contributed by atoms with E-state index in [9.17, 15) is 13.8 Å². The van der Waals surface area contributed by atoms with E-state index in [0.29, 0.717) is 41.8 Å². The van der Waals surface area contributed by atoms with Crippen LogP contribution in [0.2, 0.25) is 10.0 Å². The van der Waals surface area contributed by atoms with E-state index in [1.54, 1.807) is 40.1 Å². The van der Waals surface area contributed by atoms with Crippen LogP contribution in [0.1, 0.15) is 16.1 Å². The van der Waals surface area contributed by atoms with E-state index in [4.69, 9.17) is 27.6 Å². The highest BCUT2D eigenvalue weighted by molar-refractivity contribution is 7.84. The second kappa shape index (κ2) is 8.91. The van der Waals surface area contributed by atoms with Crippen molar-refractivity contribution in [2.75, 3.05) is 31.9 Å². The van der Waals surface area contributed by atoms with E-state index in [-0.39, 0.29) is 29.1 Å². The van der Waals surface area contributed by atoms with Gasteiger partial charge in [0.15, 0.2) is 5.76 Å². The van der Waals surface area contributed by atoms with Crippen LogP contribution in [0.15, 0.2) is 41.0 Å². The molecule has 6 nitrogen and oxygen atoms in total. The first-order valence-electron chi connectivity index (χ1n) is 8.33. The third-order valence-corrected chi connectivity index (χ3v) is 6.06. The SMILES string of the molecule is O=C(CS(=O)Cc1ccc(Cl)cc1Cl)N1CCN(C(=O)c2ccco2)CC1. The Bertz CT molecular complexity index is 849. The minimum Gasteiger partial charge on any atom is -0.459 e. The Labute approximate surface area is 169 Å². The normalized spacial score (nSPS) is 15.6. The molecule has 3 rings (SSSR count). The topological polar surface area (TPSA) is 70.8 Å². The lowest BCUT2D eigenvalue weighted by Gasteiger charge is -2.34. The third-order valence-electron chi connectivity index (χ3n) is 4.27. The number of carbonyl (C=O) groups is 2. The van der Waals surface area contributed by atoms with Gasteiger partial charge in [-0.2, -0.15) is 0 Å². The zero-order valence-corrected chi connectivity index (χ0v) is 16.7. The molecule has 0 saturated carbocycles. The number of amides is 2. The average Bonchev–Trinajstić information content (AvgIpc) is 3.18. The van der Waals surface area contributed by atoms with Crippen LogP contribution in [0.3, 0.4) is 0 Å². The van der Waals surface area contributed by atoms with Crippen LogP contribution in [0.5, 0.6) is 0 Å². The summed E-state index contributed by atoms with van der Waals surface area (Å²) < 4.78 is 17.4. The van der Waals surface area contributed by atoms with Gasteiger partial charge in [-0.15, -0.1) is 0 Å².